The van der Waals surface area contributed by atoms with Crippen LogP contribution in [0.3, 0.4) is 0 Å². The van der Waals surface area contributed by atoms with E-state index in [2.05, 4.69) is 6.92 Å². The highest BCUT2D eigenvalue weighted by Crippen LogP contribution is 2.61. The van der Waals surface area contributed by atoms with Crippen LogP contribution in [-0.2, 0) is 14.3 Å². The molecule has 2 saturated carbocycles. The average Bonchev–Trinajstić information content (AvgIpc) is 2.90. The zero-order valence-electron chi connectivity index (χ0n) is 10.3. The van der Waals surface area contributed by atoms with Crippen molar-refractivity contribution in [1.82, 2.24) is 0 Å². The molecule has 4 nitrogen and oxygen atoms in total. The third-order valence-electron chi connectivity index (χ3n) is 5.21. The molecule has 0 aromatic rings. The van der Waals surface area contributed by atoms with Crippen molar-refractivity contribution in [3.05, 3.63) is 0 Å². The largest absolute Gasteiger partial charge is 0.396 e. The molecule has 1 spiro atoms. The molecule has 0 bridgehead atoms. The van der Waals surface area contributed by atoms with Crippen molar-refractivity contribution in [2.45, 2.75) is 38.4 Å². The molecule has 3 fully saturated rings. The smallest absolute Gasteiger partial charge is 0.174 e. The molecule has 0 radical (unpaired) electrons. The van der Waals surface area contributed by atoms with E-state index >= 15 is 0 Å². The van der Waals surface area contributed by atoms with Gasteiger partial charge in [0.25, 0.3) is 0 Å². The molecule has 3 aliphatic rings. The van der Waals surface area contributed by atoms with E-state index in [1.807, 2.05) is 0 Å². The number of carbonyl (C=O) groups excluding carboxylic acids is 1. The fourth-order valence-corrected chi connectivity index (χ4v) is 4.20. The maximum atomic E-state index is 11.9. The van der Waals surface area contributed by atoms with Gasteiger partial charge in [-0.15, -0.1) is 0 Å². The molecule has 1 N–H and O–H groups in total. The highest BCUT2D eigenvalue weighted by Gasteiger charge is 2.64. The average molecular weight is 240 g/mol. The number of ketones is 1. The lowest BCUT2D eigenvalue weighted by molar-refractivity contribution is -0.234. The van der Waals surface area contributed by atoms with Crippen molar-refractivity contribution in [3.63, 3.8) is 0 Å². The van der Waals surface area contributed by atoms with Crippen molar-refractivity contribution in [2.24, 2.45) is 17.3 Å². The Morgan fingerprint density at radius 3 is 2.71 bits per heavy atom. The summed E-state index contributed by atoms with van der Waals surface area (Å²) in [5, 5.41) is 9.45. The van der Waals surface area contributed by atoms with Gasteiger partial charge in [-0.1, -0.05) is 6.92 Å². The van der Waals surface area contributed by atoms with E-state index in [9.17, 15) is 9.90 Å². The van der Waals surface area contributed by atoms with Crippen LogP contribution < -0.4 is 0 Å². The van der Waals surface area contributed by atoms with Gasteiger partial charge in [-0.25, -0.2) is 0 Å². The molecule has 0 amide bonds. The lowest BCUT2D eigenvalue weighted by Crippen LogP contribution is -2.52. The summed E-state index contributed by atoms with van der Waals surface area (Å²) in [6.07, 6.45) is 3.16. The first kappa shape index (κ1) is 11.6. The summed E-state index contributed by atoms with van der Waals surface area (Å²) in [6, 6.07) is 0. The minimum absolute atomic E-state index is 0.0326. The molecule has 3 atom stereocenters. The second-order valence-electron chi connectivity index (χ2n) is 5.77. The maximum absolute atomic E-state index is 11.9. The van der Waals surface area contributed by atoms with Crippen LogP contribution in [0.1, 0.15) is 32.6 Å². The fraction of sp³-hybridized carbons (Fsp3) is 0.923. The van der Waals surface area contributed by atoms with Crippen molar-refractivity contribution < 1.29 is 19.4 Å². The molecule has 1 heterocycles. The van der Waals surface area contributed by atoms with Crippen LogP contribution in [0.5, 0.6) is 0 Å². The predicted octanol–water partition coefficient (Wildman–Crippen LogP) is 1.12. The van der Waals surface area contributed by atoms with E-state index in [0.29, 0.717) is 19.6 Å². The Hall–Kier alpha value is -0.450. The molecular formula is C13H20O4. The summed E-state index contributed by atoms with van der Waals surface area (Å²) in [6.45, 7) is 3.44. The van der Waals surface area contributed by atoms with Gasteiger partial charge in [-0.05, 0) is 18.8 Å². The number of hydrogen-bond donors (Lipinski definition) is 1. The minimum atomic E-state index is -0.480. The van der Waals surface area contributed by atoms with Gasteiger partial charge in [0, 0.05) is 24.2 Å². The van der Waals surface area contributed by atoms with Gasteiger partial charge in [0.05, 0.1) is 19.8 Å². The Kier molecular flexibility index (Phi) is 2.58. The molecule has 1 saturated heterocycles. The molecule has 0 aromatic carbocycles. The van der Waals surface area contributed by atoms with Gasteiger partial charge in [-0.3, -0.25) is 4.79 Å². The van der Waals surface area contributed by atoms with Gasteiger partial charge >= 0.3 is 0 Å². The second kappa shape index (κ2) is 3.77. The number of hydrogen-bond acceptors (Lipinski definition) is 4. The van der Waals surface area contributed by atoms with Crippen LogP contribution >= 0.6 is 0 Å². The molecule has 17 heavy (non-hydrogen) atoms. The number of Topliss-reactive ketones (excluding diaryl/α,β-unsaturated/α-hetero) is 1. The molecule has 1 aliphatic heterocycles. The van der Waals surface area contributed by atoms with Gasteiger partial charge in [0.2, 0.25) is 0 Å². The first-order valence-electron chi connectivity index (χ1n) is 6.54. The lowest BCUT2D eigenvalue weighted by Gasteiger charge is -2.47. The highest BCUT2D eigenvalue weighted by atomic mass is 16.7. The number of fused-ring (bicyclic) bond motifs is 2. The van der Waals surface area contributed by atoms with Crippen LogP contribution in [0, 0.1) is 17.3 Å². The Morgan fingerprint density at radius 1 is 1.35 bits per heavy atom. The number of aliphatic hydroxyl groups is 1. The second-order valence-corrected chi connectivity index (χ2v) is 5.77. The molecule has 0 aromatic heterocycles. The SMILES string of the molecule is CC12CCC(=O)C(CO)C1CCC21OCCO1. The summed E-state index contributed by atoms with van der Waals surface area (Å²) < 4.78 is 11.8. The first-order valence-corrected chi connectivity index (χ1v) is 6.54. The molecular weight excluding hydrogens is 220 g/mol. The molecule has 4 heteroatoms. The number of ether oxygens (including phenoxy) is 2. The van der Waals surface area contributed by atoms with Crippen LogP contribution in [0.25, 0.3) is 0 Å². The Bertz CT molecular complexity index is 334. The van der Waals surface area contributed by atoms with Crippen LogP contribution in [0.15, 0.2) is 0 Å². The van der Waals surface area contributed by atoms with Gasteiger partial charge in [0.1, 0.15) is 5.78 Å². The zero-order valence-corrected chi connectivity index (χ0v) is 10.3. The summed E-state index contributed by atoms with van der Waals surface area (Å²) in [7, 11) is 0. The van der Waals surface area contributed by atoms with Gasteiger partial charge < -0.3 is 14.6 Å². The fourth-order valence-electron chi connectivity index (χ4n) is 4.20. The number of aliphatic hydroxyl groups excluding tert-OH is 1. The van der Waals surface area contributed by atoms with E-state index in [0.717, 1.165) is 19.3 Å². The van der Waals surface area contributed by atoms with Gasteiger partial charge in [-0.2, -0.15) is 0 Å². The normalized spacial score (nSPS) is 44.2. The van der Waals surface area contributed by atoms with E-state index < -0.39 is 5.79 Å². The summed E-state index contributed by atoms with van der Waals surface area (Å²) in [5.74, 6) is -0.260. The van der Waals surface area contributed by atoms with E-state index in [1.165, 1.54) is 0 Å². The molecule has 2 aliphatic carbocycles. The Labute approximate surface area is 101 Å². The van der Waals surface area contributed by atoms with Crippen LogP contribution in [0.2, 0.25) is 0 Å². The van der Waals surface area contributed by atoms with E-state index in [1.54, 1.807) is 0 Å². The third-order valence-corrected chi connectivity index (χ3v) is 5.21. The van der Waals surface area contributed by atoms with Crippen LogP contribution in [-0.4, -0.2) is 36.5 Å². The monoisotopic (exact) mass is 240 g/mol. The van der Waals surface area contributed by atoms with Gasteiger partial charge in [0.15, 0.2) is 5.79 Å². The van der Waals surface area contributed by atoms with Crippen molar-refractivity contribution in [1.29, 1.82) is 0 Å². The number of carbonyl (C=O) groups is 1. The van der Waals surface area contributed by atoms with Crippen molar-refractivity contribution in [2.75, 3.05) is 19.8 Å². The molecule has 3 rings (SSSR count). The highest BCUT2D eigenvalue weighted by molar-refractivity contribution is 5.82. The first-order chi connectivity index (χ1) is 8.13. The standard InChI is InChI=1S/C13H20O4/c1-12-4-3-11(15)9(8-14)10(12)2-5-13(12)16-6-7-17-13/h9-10,14H,2-8H2,1H3. The third kappa shape index (κ3) is 1.38. The summed E-state index contributed by atoms with van der Waals surface area (Å²) >= 11 is 0. The zero-order chi connectivity index (χ0) is 12.1. The summed E-state index contributed by atoms with van der Waals surface area (Å²) in [4.78, 5) is 11.9. The minimum Gasteiger partial charge on any atom is -0.396 e. The quantitative estimate of drug-likeness (QED) is 0.746. The number of rotatable bonds is 1. The van der Waals surface area contributed by atoms with Crippen LogP contribution in [0.4, 0.5) is 0 Å². The van der Waals surface area contributed by atoms with Crippen molar-refractivity contribution >= 4 is 5.78 Å². The lowest BCUT2D eigenvalue weighted by atomic mass is 9.62. The maximum Gasteiger partial charge on any atom is 0.174 e. The van der Waals surface area contributed by atoms with Crippen molar-refractivity contribution in [3.8, 4) is 0 Å². The topological polar surface area (TPSA) is 55.8 Å². The van der Waals surface area contributed by atoms with E-state index in [-0.39, 0.29) is 29.6 Å². The summed E-state index contributed by atoms with van der Waals surface area (Å²) in [5.41, 5.74) is -0.106. The van der Waals surface area contributed by atoms with E-state index in [4.69, 9.17) is 9.47 Å². The predicted molar refractivity (Wildman–Crippen MR) is 60.3 cm³/mol. The Morgan fingerprint density at radius 2 is 2.06 bits per heavy atom. The molecule has 96 valence electrons. The Balaban J connectivity index is 1.95. The molecule has 3 unspecified atom stereocenters.